The van der Waals surface area contributed by atoms with Crippen molar-refractivity contribution in [3.05, 3.63) is 35.4 Å². The zero-order valence-electron chi connectivity index (χ0n) is 13.6. The molecular weight excluding hydrogens is 264 g/mol. The van der Waals surface area contributed by atoms with Crippen molar-refractivity contribution in [1.29, 1.82) is 0 Å². The number of benzene rings is 1. The Labute approximate surface area is 128 Å². The van der Waals surface area contributed by atoms with Gasteiger partial charge in [0.05, 0.1) is 18.3 Å². The van der Waals surface area contributed by atoms with Crippen LogP contribution < -0.4 is 5.73 Å². The maximum atomic E-state index is 6.11. The van der Waals surface area contributed by atoms with Gasteiger partial charge in [-0.15, -0.1) is 0 Å². The van der Waals surface area contributed by atoms with Crippen LogP contribution in [-0.2, 0) is 16.1 Å². The molecule has 0 radical (unpaired) electrons. The molecule has 4 heteroatoms. The molecule has 1 fully saturated rings. The molecule has 1 aromatic rings. The van der Waals surface area contributed by atoms with E-state index in [1.807, 2.05) is 0 Å². The molecule has 0 spiro atoms. The molecule has 2 rings (SSSR count). The minimum absolute atomic E-state index is 0.138. The Bertz CT molecular complexity index is 462. The van der Waals surface area contributed by atoms with E-state index >= 15 is 0 Å². The molecule has 1 aromatic carbocycles. The second-order valence-corrected chi connectivity index (χ2v) is 6.50. The van der Waals surface area contributed by atoms with E-state index in [2.05, 4.69) is 49.9 Å². The van der Waals surface area contributed by atoms with Gasteiger partial charge in [-0.1, -0.05) is 24.3 Å². The summed E-state index contributed by atoms with van der Waals surface area (Å²) in [6.45, 7) is 9.43. The van der Waals surface area contributed by atoms with Crippen molar-refractivity contribution < 1.29 is 9.47 Å². The lowest BCUT2D eigenvalue weighted by atomic mass is 9.96. The molecule has 0 amide bonds. The van der Waals surface area contributed by atoms with Gasteiger partial charge in [0.15, 0.2) is 0 Å². The highest BCUT2D eigenvalue weighted by Crippen LogP contribution is 2.30. The van der Waals surface area contributed by atoms with Gasteiger partial charge >= 0.3 is 0 Å². The number of rotatable bonds is 5. The standard InChI is InChI=1S/C17H28N2O2/c1-13-10-19(12-17(2,3)21-13)16(9-18)15-8-6-5-7-14(15)11-20-4/h5-8,13,16H,9-12,18H2,1-4H3. The van der Waals surface area contributed by atoms with Crippen molar-refractivity contribution in [2.75, 3.05) is 26.7 Å². The lowest BCUT2D eigenvalue weighted by Gasteiger charge is -2.45. The van der Waals surface area contributed by atoms with Gasteiger partial charge in [-0.25, -0.2) is 0 Å². The normalized spacial score (nSPS) is 24.0. The van der Waals surface area contributed by atoms with Crippen LogP contribution in [0.2, 0.25) is 0 Å². The Hall–Kier alpha value is -0.940. The molecule has 1 aliphatic heterocycles. The third-order valence-corrected chi connectivity index (χ3v) is 3.97. The topological polar surface area (TPSA) is 47.7 Å². The summed E-state index contributed by atoms with van der Waals surface area (Å²) in [4.78, 5) is 2.45. The van der Waals surface area contributed by atoms with Gasteiger partial charge in [-0.05, 0) is 31.9 Å². The zero-order chi connectivity index (χ0) is 15.5. The predicted molar refractivity (Wildman–Crippen MR) is 85.1 cm³/mol. The number of hydrogen-bond donors (Lipinski definition) is 1. The molecule has 0 aromatic heterocycles. The first kappa shape index (κ1) is 16.4. The Morgan fingerprint density at radius 1 is 1.43 bits per heavy atom. The van der Waals surface area contributed by atoms with Crippen LogP contribution in [0, 0.1) is 0 Å². The Morgan fingerprint density at radius 3 is 2.76 bits per heavy atom. The van der Waals surface area contributed by atoms with Crippen LogP contribution in [0.5, 0.6) is 0 Å². The third-order valence-electron chi connectivity index (χ3n) is 3.97. The minimum Gasteiger partial charge on any atom is -0.380 e. The van der Waals surface area contributed by atoms with Crippen molar-refractivity contribution in [3.63, 3.8) is 0 Å². The smallest absolute Gasteiger partial charge is 0.0757 e. The maximum Gasteiger partial charge on any atom is 0.0757 e. The number of morpholine rings is 1. The molecule has 0 saturated carbocycles. The second kappa shape index (κ2) is 6.88. The number of nitrogens with zero attached hydrogens (tertiary/aromatic N) is 1. The van der Waals surface area contributed by atoms with E-state index in [4.69, 9.17) is 15.2 Å². The average Bonchev–Trinajstić information content (AvgIpc) is 2.39. The fourth-order valence-corrected chi connectivity index (χ4v) is 3.36. The molecule has 2 unspecified atom stereocenters. The molecule has 21 heavy (non-hydrogen) atoms. The number of nitrogens with two attached hydrogens (primary N) is 1. The van der Waals surface area contributed by atoms with Crippen LogP contribution in [0.25, 0.3) is 0 Å². The van der Waals surface area contributed by atoms with E-state index in [0.29, 0.717) is 13.2 Å². The van der Waals surface area contributed by atoms with Gasteiger partial charge < -0.3 is 15.2 Å². The highest BCUT2D eigenvalue weighted by molar-refractivity contribution is 5.30. The monoisotopic (exact) mass is 292 g/mol. The number of hydrogen-bond acceptors (Lipinski definition) is 4. The molecular formula is C17H28N2O2. The summed E-state index contributed by atoms with van der Waals surface area (Å²) in [5.74, 6) is 0. The summed E-state index contributed by atoms with van der Waals surface area (Å²) in [6, 6.07) is 8.63. The summed E-state index contributed by atoms with van der Waals surface area (Å²) >= 11 is 0. The summed E-state index contributed by atoms with van der Waals surface area (Å²) in [5.41, 5.74) is 8.46. The van der Waals surface area contributed by atoms with Gasteiger partial charge in [0, 0.05) is 32.8 Å². The van der Waals surface area contributed by atoms with Crippen molar-refractivity contribution in [1.82, 2.24) is 4.90 Å². The summed E-state index contributed by atoms with van der Waals surface area (Å²) < 4.78 is 11.3. The van der Waals surface area contributed by atoms with Crippen molar-refractivity contribution >= 4 is 0 Å². The van der Waals surface area contributed by atoms with Crippen LogP contribution >= 0.6 is 0 Å². The van der Waals surface area contributed by atoms with Crippen LogP contribution in [0.3, 0.4) is 0 Å². The highest BCUT2D eigenvalue weighted by atomic mass is 16.5. The third kappa shape index (κ3) is 4.04. The SMILES string of the molecule is COCc1ccccc1C(CN)N1CC(C)OC(C)(C)C1. The first-order valence-electron chi connectivity index (χ1n) is 7.65. The number of ether oxygens (including phenoxy) is 2. The van der Waals surface area contributed by atoms with E-state index in [0.717, 1.165) is 13.1 Å². The molecule has 0 bridgehead atoms. The molecule has 118 valence electrons. The summed E-state index contributed by atoms with van der Waals surface area (Å²) in [5, 5.41) is 0. The highest BCUT2D eigenvalue weighted by Gasteiger charge is 2.35. The first-order chi connectivity index (χ1) is 9.96. The molecule has 0 aliphatic carbocycles. The van der Waals surface area contributed by atoms with E-state index in [-0.39, 0.29) is 17.7 Å². The Morgan fingerprint density at radius 2 is 2.14 bits per heavy atom. The first-order valence-corrected chi connectivity index (χ1v) is 7.65. The van der Waals surface area contributed by atoms with Crippen LogP contribution in [0.15, 0.2) is 24.3 Å². The summed E-state index contributed by atoms with van der Waals surface area (Å²) in [6.07, 6.45) is 0.220. The molecule has 4 nitrogen and oxygen atoms in total. The summed E-state index contributed by atoms with van der Waals surface area (Å²) in [7, 11) is 1.73. The fourth-order valence-electron chi connectivity index (χ4n) is 3.36. The predicted octanol–water partition coefficient (Wildman–Crippen LogP) is 2.33. The van der Waals surface area contributed by atoms with Crippen molar-refractivity contribution in [2.24, 2.45) is 5.73 Å². The van der Waals surface area contributed by atoms with Crippen molar-refractivity contribution in [3.8, 4) is 0 Å². The molecule has 1 aliphatic rings. The van der Waals surface area contributed by atoms with Crippen LogP contribution in [0.4, 0.5) is 0 Å². The largest absolute Gasteiger partial charge is 0.380 e. The Balaban J connectivity index is 2.27. The van der Waals surface area contributed by atoms with E-state index in [1.54, 1.807) is 7.11 Å². The van der Waals surface area contributed by atoms with Gasteiger partial charge in [0.2, 0.25) is 0 Å². The minimum atomic E-state index is -0.138. The molecule has 1 saturated heterocycles. The van der Waals surface area contributed by atoms with Gasteiger partial charge in [0.1, 0.15) is 0 Å². The molecule has 2 N–H and O–H groups in total. The lowest BCUT2D eigenvalue weighted by Crippen LogP contribution is -2.54. The zero-order valence-corrected chi connectivity index (χ0v) is 13.6. The van der Waals surface area contributed by atoms with Crippen LogP contribution in [-0.4, -0.2) is 43.3 Å². The lowest BCUT2D eigenvalue weighted by molar-refractivity contribution is -0.137. The van der Waals surface area contributed by atoms with E-state index in [1.165, 1.54) is 11.1 Å². The van der Waals surface area contributed by atoms with Gasteiger partial charge in [-0.2, -0.15) is 0 Å². The van der Waals surface area contributed by atoms with Gasteiger partial charge in [-0.3, -0.25) is 4.90 Å². The van der Waals surface area contributed by atoms with E-state index in [9.17, 15) is 0 Å². The van der Waals surface area contributed by atoms with E-state index < -0.39 is 0 Å². The molecule has 1 heterocycles. The second-order valence-electron chi connectivity index (χ2n) is 6.50. The maximum absolute atomic E-state index is 6.11. The molecule has 2 atom stereocenters. The van der Waals surface area contributed by atoms with Crippen molar-refractivity contribution in [2.45, 2.75) is 45.1 Å². The Kier molecular flexibility index (Phi) is 5.38. The quantitative estimate of drug-likeness (QED) is 0.905. The fraction of sp³-hybridized carbons (Fsp3) is 0.647. The average molecular weight is 292 g/mol. The number of methoxy groups -OCH3 is 1. The van der Waals surface area contributed by atoms with Crippen LogP contribution in [0.1, 0.15) is 37.9 Å². The van der Waals surface area contributed by atoms with Gasteiger partial charge in [0.25, 0.3) is 0 Å².